The van der Waals surface area contributed by atoms with E-state index in [0.717, 1.165) is 10.5 Å². The van der Waals surface area contributed by atoms with Crippen molar-refractivity contribution in [3.8, 4) is 0 Å². The lowest BCUT2D eigenvalue weighted by atomic mass is 10.1. The molecule has 0 saturated heterocycles. The first-order valence-electron chi connectivity index (χ1n) is 6.32. The van der Waals surface area contributed by atoms with Crippen molar-refractivity contribution < 1.29 is 12.8 Å². The van der Waals surface area contributed by atoms with Crippen molar-refractivity contribution >= 4 is 21.6 Å². The van der Waals surface area contributed by atoms with Crippen molar-refractivity contribution in [2.75, 3.05) is 12.8 Å². The van der Waals surface area contributed by atoms with E-state index >= 15 is 0 Å². The van der Waals surface area contributed by atoms with Crippen molar-refractivity contribution in [2.45, 2.75) is 15.0 Å². The second-order valence-corrected chi connectivity index (χ2v) is 7.93. The molecule has 0 spiro atoms. The van der Waals surface area contributed by atoms with Gasteiger partial charge in [-0.25, -0.2) is 12.8 Å². The molecule has 0 radical (unpaired) electrons. The summed E-state index contributed by atoms with van der Waals surface area (Å²) in [7, 11) is -3.19. The number of nitrogens with two attached hydrogens (primary N) is 1. The summed E-state index contributed by atoms with van der Waals surface area (Å²) in [5, 5.41) is -0.0789. The molecule has 1 atom stereocenters. The van der Waals surface area contributed by atoms with Gasteiger partial charge in [-0.1, -0.05) is 12.1 Å². The summed E-state index contributed by atoms with van der Waals surface area (Å²) in [5.74, 6) is -0.293. The van der Waals surface area contributed by atoms with E-state index < -0.39 is 9.84 Å². The van der Waals surface area contributed by atoms with Crippen LogP contribution < -0.4 is 5.73 Å². The maximum absolute atomic E-state index is 13.3. The average molecular weight is 325 g/mol. The van der Waals surface area contributed by atoms with Crippen LogP contribution in [0.2, 0.25) is 0 Å². The maximum atomic E-state index is 13.3. The van der Waals surface area contributed by atoms with Crippen molar-refractivity contribution in [1.29, 1.82) is 0 Å². The van der Waals surface area contributed by atoms with E-state index in [1.165, 1.54) is 30.2 Å². The van der Waals surface area contributed by atoms with Crippen molar-refractivity contribution in [3.05, 3.63) is 59.9 Å². The van der Waals surface area contributed by atoms with Gasteiger partial charge in [0.25, 0.3) is 0 Å². The molecule has 6 heteroatoms. The summed E-state index contributed by atoms with van der Waals surface area (Å²) in [4.78, 5) is 1.17. The highest BCUT2D eigenvalue weighted by Crippen LogP contribution is 2.34. The predicted molar refractivity (Wildman–Crippen MR) is 83.6 cm³/mol. The standard InChI is InChI=1S/C15H16FNO2S2/c1-21(18,19)14-7-5-13(6-8-14)20-15(10-17)11-3-2-4-12(16)9-11/h2-9,15H,10,17H2,1H3. The van der Waals surface area contributed by atoms with Crippen LogP contribution in [-0.2, 0) is 9.84 Å². The van der Waals surface area contributed by atoms with E-state index in [9.17, 15) is 12.8 Å². The Bertz CT molecular complexity index is 715. The molecule has 0 aliphatic heterocycles. The fourth-order valence-electron chi connectivity index (χ4n) is 1.89. The number of halogens is 1. The molecular weight excluding hydrogens is 309 g/mol. The number of rotatable bonds is 5. The molecule has 0 saturated carbocycles. The molecule has 0 bridgehead atoms. The fraction of sp³-hybridized carbons (Fsp3) is 0.200. The third-order valence-corrected chi connectivity index (χ3v) is 5.39. The van der Waals surface area contributed by atoms with Gasteiger partial charge in [-0.2, -0.15) is 0 Å². The number of hydrogen-bond acceptors (Lipinski definition) is 4. The molecule has 21 heavy (non-hydrogen) atoms. The Balaban J connectivity index is 2.19. The molecule has 0 fully saturated rings. The molecule has 2 N–H and O–H groups in total. The zero-order chi connectivity index (χ0) is 15.5. The van der Waals surface area contributed by atoms with Gasteiger partial charge in [0.1, 0.15) is 5.82 Å². The largest absolute Gasteiger partial charge is 0.329 e. The van der Waals surface area contributed by atoms with Crippen LogP contribution >= 0.6 is 11.8 Å². The highest BCUT2D eigenvalue weighted by Gasteiger charge is 2.13. The Morgan fingerprint density at radius 1 is 1.19 bits per heavy atom. The van der Waals surface area contributed by atoms with Crippen LogP contribution in [0.5, 0.6) is 0 Å². The topological polar surface area (TPSA) is 60.2 Å². The Hall–Kier alpha value is -1.37. The van der Waals surface area contributed by atoms with E-state index in [-0.39, 0.29) is 16.0 Å². The van der Waals surface area contributed by atoms with Crippen LogP contribution in [0.3, 0.4) is 0 Å². The Morgan fingerprint density at radius 2 is 1.86 bits per heavy atom. The quantitative estimate of drug-likeness (QED) is 0.859. The highest BCUT2D eigenvalue weighted by molar-refractivity contribution is 7.99. The van der Waals surface area contributed by atoms with E-state index in [1.807, 2.05) is 6.07 Å². The summed E-state index contributed by atoms with van der Waals surface area (Å²) in [5.41, 5.74) is 6.58. The SMILES string of the molecule is CS(=O)(=O)c1ccc(SC(CN)c2cccc(F)c2)cc1. The summed E-state index contributed by atoms with van der Waals surface area (Å²) < 4.78 is 36.1. The Kier molecular flexibility index (Phi) is 5.03. The van der Waals surface area contributed by atoms with Gasteiger partial charge in [0.2, 0.25) is 0 Å². The summed E-state index contributed by atoms with van der Waals surface area (Å²) in [6.07, 6.45) is 1.17. The predicted octanol–water partition coefficient (Wildman–Crippen LogP) is 3.02. The Morgan fingerprint density at radius 3 is 2.38 bits per heavy atom. The lowest BCUT2D eigenvalue weighted by molar-refractivity contribution is 0.602. The molecule has 2 rings (SSSR count). The van der Waals surface area contributed by atoms with E-state index in [1.54, 1.807) is 30.3 Å². The monoisotopic (exact) mass is 325 g/mol. The smallest absolute Gasteiger partial charge is 0.175 e. The Labute approximate surface area is 128 Å². The van der Waals surface area contributed by atoms with Crippen LogP contribution in [0.15, 0.2) is 58.3 Å². The minimum Gasteiger partial charge on any atom is -0.329 e. The van der Waals surface area contributed by atoms with Gasteiger partial charge < -0.3 is 5.73 Å². The molecule has 0 amide bonds. The second kappa shape index (κ2) is 6.60. The fourth-order valence-corrected chi connectivity index (χ4v) is 3.52. The lowest BCUT2D eigenvalue weighted by Crippen LogP contribution is -2.09. The molecule has 2 aromatic carbocycles. The zero-order valence-electron chi connectivity index (χ0n) is 11.5. The van der Waals surface area contributed by atoms with Gasteiger partial charge in [-0.3, -0.25) is 0 Å². The van der Waals surface area contributed by atoms with Crippen molar-refractivity contribution in [2.24, 2.45) is 5.73 Å². The van der Waals surface area contributed by atoms with Gasteiger partial charge in [0.15, 0.2) is 9.84 Å². The van der Waals surface area contributed by atoms with Gasteiger partial charge >= 0.3 is 0 Å². The van der Waals surface area contributed by atoms with Crippen LogP contribution in [0.1, 0.15) is 10.8 Å². The van der Waals surface area contributed by atoms with Crippen LogP contribution in [0.25, 0.3) is 0 Å². The van der Waals surface area contributed by atoms with Crippen molar-refractivity contribution in [3.63, 3.8) is 0 Å². The third kappa shape index (κ3) is 4.30. The number of hydrogen-bond donors (Lipinski definition) is 1. The molecule has 0 aliphatic carbocycles. The lowest BCUT2D eigenvalue weighted by Gasteiger charge is -2.15. The minimum absolute atomic E-state index is 0.0789. The highest BCUT2D eigenvalue weighted by atomic mass is 32.2. The second-order valence-electron chi connectivity index (χ2n) is 4.64. The molecule has 112 valence electrons. The first-order valence-corrected chi connectivity index (χ1v) is 9.09. The summed E-state index contributed by atoms with van der Waals surface area (Å²) in [6, 6.07) is 13.0. The van der Waals surface area contributed by atoms with E-state index in [4.69, 9.17) is 5.73 Å². The van der Waals surface area contributed by atoms with Crippen LogP contribution in [0.4, 0.5) is 4.39 Å². The molecule has 1 unspecified atom stereocenters. The third-order valence-electron chi connectivity index (χ3n) is 2.96. The number of thioether (sulfide) groups is 1. The molecule has 0 aliphatic rings. The van der Waals surface area contributed by atoms with Gasteiger partial charge in [-0.05, 0) is 42.0 Å². The van der Waals surface area contributed by atoms with Crippen molar-refractivity contribution in [1.82, 2.24) is 0 Å². The number of benzene rings is 2. The van der Waals surface area contributed by atoms with Gasteiger partial charge in [0.05, 0.1) is 4.90 Å². The molecular formula is C15H16FNO2S2. The first-order chi connectivity index (χ1) is 9.90. The summed E-state index contributed by atoms with van der Waals surface area (Å²) in [6.45, 7) is 0.363. The molecule has 3 nitrogen and oxygen atoms in total. The molecule has 0 heterocycles. The average Bonchev–Trinajstić information content (AvgIpc) is 2.44. The summed E-state index contributed by atoms with van der Waals surface area (Å²) >= 11 is 1.48. The zero-order valence-corrected chi connectivity index (χ0v) is 13.1. The maximum Gasteiger partial charge on any atom is 0.175 e. The normalized spacial score (nSPS) is 13.1. The minimum atomic E-state index is -3.19. The van der Waals surface area contributed by atoms with E-state index in [2.05, 4.69) is 0 Å². The first kappa shape index (κ1) is 16.0. The van der Waals surface area contributed by atoms with Crippen LogP contribution in [-0.4, -0.2) is 21.2 Å². The van der Waals surface area contributed by atoms with Gasteiger partial charge in [0, 0.05) is 22.9 Å². The van der Waals surface area contributed by atoms with Crippen LogP contribution in [0, 0.1) is 5.82 Å². The van der Waals surface area contributed by atoms with Gasteiger partial charge in [-0.15, -0.1) is 11.8 Å². The molecule has 0 aromatic heterocycles. The molecule has 2 aromatic rings. The van der Waals surface area contributed by atoms with E-state index in [0.29, 0.717) is 6.54 Å². The number of sulfone groups is 1.